The zero-order chi connectivity index (χ0) is 16.7. The molecule has 1 aliphatic heterocycles. The van der Waals surface area contributed by atoms with E-state index < -0.39 is 4.92 Å². The SMILES string of the molecule is CCCCCNC(=O)c1cc([N+](=O)[O-])ccc1N1CCCCC1. The van der Waals surface area contributed by atoms with Crippen LogP contribution in [-0.2, 0) is 0 Å². The Morgan fingerprint density at radius 3 is 2.65 bits per heavy atom. The number of nitrogens with zero attached hydrogens (tertiary/aromatic N) is 2. The Morgan fingerprint density at radius 1 is 1.26 bits per heavy atom. The number of hydrogen-bond donors (Lipinski definition) is 1. The molecule has 1 N–H and O–H groups in total. The molecule has 6 heteroatoms. The molecule has 2 rings (SSSR count). The summed E-state index contributed by atoms with van der Waals surface area (Å²) in [5.41, 5.74) is 1.19. The molecule has 1 fully saturated rings. The van der Waals surface area contributed by atoms with Crippen molar-refractivity contribution in [2.45, 2.75) is 45.4 Å². The van der Waals surface area contributed by atoms with Crippen LogP contribution in [0.3, 0.4) is 0 Å². The second-order valence-corrected chi connectivity index (χ2v) is 5.97. The minimum Gasteiger partial charge on any atom is -0.371 e. The van der Waals surface area contributed by atoms with Gasteiger partial charge in [-0.3, -0.25) is 14.9 Å². The molecular formula is C17H25N3O3. The standard InChI is InChI=1S/C17H25N3O3/c1-2-3-5-10-18-17(21)15-13-14(20(22)23)8-9-16(15)19-11-6-4-7-12-19/h8-9,13H,2-7,10-12H2,1H3,(H,18,21). The lowest BCUT2D eigenvalue weighted by Crippen LogP contribution is -2.33. The molecule has 1 aliphatic rings. The van der Waals surface area contributed by atoms with Crippen LogP contribution in [0.4, 0.5) is 11.4 Å². The fraction of sp³-hybridized carbons (Fsp3) is 0.588. The summed E-state index contributed by atoms with van der Waals surface area (Å²) in [4.78, 5) is 25.2. The van der Waals surface area contributed by atoms with Gasteiger partial charge in [0, 0.05) is 31.8 Å². The largest absolute Gasteiger partial charge is 0.371 e. The highest BCUT2D eigenvalue weighted by molar-refractivity contribution is 6.00. The fourth-order valence-corrected chi connectivity index (χ4v) is 2.90. The molecule has 0 atom stereocenters. The van der Waals surface area contributed by atoms with Gasteiger partial charge in [-0.05, 0) is 31.7 Å². The summed E-state index contributed by atoms with van der Waals surface area (Å²) in [5.74, 6) is -0.217. The molecule has 1 saturated heterocycles. The van der Waals surface area contributed by atoms with Gasteiger partial charge >= 0.3 is 0 Å². The van der Waals surface area contributed by atoms with E-state index >= 15 is 0 Å². The summed E-state index contributed by atoms with van der Waals surface area (Å²) in [7, 11) is 0. The molecule has 1 aromatic carbocycles. The molecular weight excluding hydrogens is 294 g/mol. The van der Waals surface area contributed by atoms with Crippen molar-refractivity contribution < 1.29 is 9.72 Å². The molecule has 1 amide bonds. The van der Waals surface area contributed by atoms with Gasteiger partial charge in [-0.1, -0.05) is 19.8 Å². The van der Waals surface area contributed by atoms with Crippen LogP contribution >= 0.6 is 0 Å². The quantitative estimate of drug-likeness (QED) is 0.474. The topological polar surface area (TPSA) is 75.5 Å². The van der Waals surface area contributed by atoms with Crippen LogP contribution in [0.5, 0.6) is 0 Å². The van der Waals surface area contributed by atoms with Crippen LogP contribution < -0.4 is 10.2 Å². The minimum absolute atomic E-state index is 0.0375. The number of rotatable bonds is 7. The van der Waals surface area contributed by atoms with E-state index in [1.54, 1.807) is 6.07 Å². The van der Waals surface area contributed by atoms with E-state index in [0.29, 0.717) is 12.1 Å². The number of unbranched alkanes of at least 4 members (excludes halogenated alkanes) is 2. The summed E-state index contributed by atoms with van der Waals surface area (Å²) < 4.78 is 0. The molecule has 1 heterocycles. The second-order valence-electron chi connectivity index (χ2n) is 5.97. The second kappa shape index (κ2) is 8.50. The number of hydrogen-bond acceptors (Lipinski definition) is 4. The Morgan fingerprint density at radius 2 is 2.00 bits per heavy atom. The highest BCUT2D eigenvalue weighted by atomic mass is 16.6. The van der Waals surface area contributed by atoms with Gasteiger partial charge in [0.2, 0.25) is 0 Å². The lowest BCUT2D eigenvalue weighted by molar-refractivity contribution is -0.384. The summed E-state index contributed by atoms with van der Waals surface area (Å²) >= 11 is 0. The van der Waals surface area contributed by atoms with Crippen molar-refractivity contribution in [1.82, 2.24) is 5.32 Å². The number of carbonyl (C=O) groups is 1. The van der Waals surface area contributed by atoms with Crippen LogP contribution in [-0.4, -0.2) is 30.5 Å². The number of non-ortho nitro benzene ring substituents is 1. The lowest BCUT2D eigenvalue weighted by Gasteiger charge is -2.30. The molecule has 0 aromatic heterocycles. The van der Waals surface area contributed by atoms with Crippen molar-refractivity contribution in [3.8, 4) is 0 Å². The van der Waals surface area contributed by atoms with Gasteiger partial charge in [-0.2, -0.15) is 0 Å². The van der Waals surface area contributed by atoms with Gasteiger partial charge in [0.15, 0.2) is 0 Å². The first kappa shape index (κ1) is 17.2. The third kappa shape index (κ3) is 4.68. The van der Waals surface area contributed by atoms with Crippen LogP contribution in [0.15, 0.2) is 18.2 Å². The highest BCUT2D eigenvalue weighted by Gasteiger charge is 2.21. The molecule has 126 valence electrons. The Hall–Kier alpha value is -2.11. The third-order valence-electron chi connectivity index (χ3n) is 4.20. The number of piperidine rings is 1. The number of carbonyl (C=O) groups excluding carboxylic acids is 1. The van der Waals surface area contributed by atoms with E-state index in [1.807, 2.05) is 0 Å². The van der Waals surface area contributed by atoms with Crippen LogP contribution in [0.2, 0.25) is 0 Å². The molecule has 0 saturated carbocycles. The first-order valence-corrected chi connectivity index (χ1v) is 8.45. The van der Waals surface area contributed by atoms with E-state index in [0.717, 1.165) is 50.9 Å². The molecule has 0 radical (unpaired) electrons. The van der Waals surface area contributed by atoms with Crippen LogP contribution in [0, 0.1) is 10.1 Å². The first-order chi connectivity index (χ1) is 11.1. The predicted molar refractivity (Wildman–Crippen MR) is 91.0 cm³/mol. The monoisotopic (exact) mass is 319 g/mol. The van der Waals surface area contributed by atoms with Crippen LogP contribution in [0.1, 0.15) is 55.8 Å². The normalized spacial score (nSPS) is 14.6. The van der Waals surface area contributed by atoms with E-state index in [9.17, 15) is 14.9 Å². The number of nitro benzene ring substituents is 1. The summed E-state index contributed by atoms with van der Waals surface area (Å²) in [6, 6.07) is 4.60. The number of nitrogens with one attached hydrogen (secondary N) is 1. The van der Waals surface area contributed by atoms with Gasteiger partial charge < -0.3 is 10.2 Å². The molecule has 1 aromatic rings. The van der Waals surface area contributed by atoms with Gasteiger partial charge in [0.1, 0.15) is 0 Å². The van der Waals surface area contributed by atoms with Gasteiger partial charge in [0.05, 0.1) is 16.2 Å². The van der Waals surface area contributed by atoms with Gasteiger partial charge in [-0.25, -0.2) is 0 Å². The maximum atomic E-state index is 12.5. The van der Waals surface area contributed by atoms with Crippen molar-refractivity contribution >= 4 is 17.3 Å². The summed E-state index contributed by atoms with van der Waals surface area (Å²) in [6.45, 7) is 4.51. The maximum absolute atomic E-state index is 12.5. The fourth-order valence-electron chi connectivity index (χ4n) is 2.90. The van der Waals surface area contributed by atoms with E-state index in [1.165, 1.54) is 18.6 Å². The zero-order valence-corrected chi connectivity index (χ0v) is 13.7. The number of anilines is 1. The Kier molecular flexibility index (Phi) is 6.38. The molecule has 0 aliphatic carbocycles. The lowest BCUT2D eigenvalue weighted by atomic mass is 10.1. The average Bonchev–Trinajstić information content (AvgIpc) is 2.58. The highest BCUT2D eigenvalue weighted by Crippen LogP contribution is 2.28. The van der Waals surface area contributed by atoms with Crippen molar-refractivity contribution in [3.63, 3.8) is 0 Å². The number of nitro groups is 1. The Labute approximate surface area is 137 Å². The number of benzene rings is 1. The maximum Gasteiger partial charge on any atom is 0.270 e. The minimum atomic E-state index is -0.451. The zero-order valence-electron chi connectivity index (χ0n) is 13.7. The first-order valence-electron chi connectivity index (χ1n) is 8.45. The van der Waals surface area contributed by atoms with Crippen molar-refractivity contribution in [2.75, 3.05) is 24.5 Å². The van der Waals surface area contributed by atoms with Crippen molar-refractivity contribution in [2.24, 2.45) is 0 Å². The van der Waals surface area contributed by atoms with Crippen LogP contribution in [0.25, 0.3) is 0 Å². The molecule has 0 bridgehead atoms. The van der Waals surface area contributed by atoms with Crippen molar-refractivity contribution in [1.29, 1.82) is 0 Å². The van der Waals surface area contributed by atoms with E-state index in [-0.39, 0.29) is 11.6 Å². The molecule has 0 unspecified atom stereocenters. The summed E-state index contributed by atoms with van der Waals surface area (Å²) in [6.07, 6.45) is 6.46. The predicted octanol–water partition coefficient (Wildman–Crippen LogP) is 3.51. The third-order valence-corrected chi connectivity index (χ3v) is 4.20. The van der Waals surface area contributed by atoms with Crippen molar-refractivity contribution in [3.05, 3.63) is 33.9 Å². The summed E-state index contributed by atoms with van der Waals surface area (Å²) in [5, 5.41) is 13.9. The molecule has 23 heavy (non-hydrogen) atoms. The Bertz CT molecular complexity index is 554. The number of amides is 1. The molecule has 0 spiro atoms. The smallest absolute Gasteiger partial charge is 0.270 e. The van der Waals surface area contributed by atoms with Gasteiger partial charge in [-0.15, -0.1) is 0 Å². The van der Waals surface area contributed by atoms with E-state index in [2.05, 4.69) is 17.1 Å². The Balaban J connectivity index is 2.19. The average molecular weight is 319 g/mol. The van der Waals surface area contributed by atoms with E-state index in [4.69, 9.17) is 0 Å². The van der Waals surface area contributed by atoms with Gasteiger partial charge in [0.25, 0.3) is 11.6 Å². The molecule has 6 nitrogen and oxygen atoms in total.